The summed E-state index contributed by atoms with van der Waals surface area (Å²) in [4.78, 5) is 11.6. The molecular formula is C18H26NO2. The number of rotatable bonds is 6. The zero-order valence-corrected chi connectivity index (χ0v) is 12.8. The molecule has 0 N–H and O–H groups in total. The maximum absolute atomic E-state index is 11.6. The van der Waals surface area contributed by atoms with Crippen molar-refractivity contribution < 1.29 is 9.53 Å². The smallest absolute Gasteiger partial charge is 0.428 e. The molecule has 1 aromatic carbocycles. The third-order valence-electron chi connectivity index (χ3n) is 4.21. The molecule has 1 aromatic rings. The number of ether oxygens (including phenoxy) is 1. The standard InChI is InChI=1S/C18H26NO2/c20-18(21-15-13-17-10-6-3-7-11-17)19-14-12-16-8-4-1-2-5-9-16/h3,6-7,10-11,16H,1-2,4-5,8-9,12-15H2. The van der Waals surface area contributed by atoms with Crippen LogP contribution >= 0.6 is 0 Å². The van der Waals surface area contributed by atoms with E-state index in [1.54, 1.807) is 0 Å². The predicted molar refractivity (Wildman–Crippen MR) is 84.3 cm³/mol. The summed E-state index contributed by atoms with van der Waals surface area (Å²) in [5, 5.41) is 4.02. The molecule has 0 atom stereocenters. The number of nitrogens with zero attached hydrogens (tertiary/aromatic N) is 1. The number of benzene rings is 1. The van der Waals surface area contributed by atoms with Gasteiger partial charge >= 0.3 is 6.09 Å². The number of carbonyl (C=O) groups excluding carboxylic acids is 1. The summed E-state index contributed by atoms with van der Waals surface area (Å²) in [6, 6.07) is 10.1. The predicted octanol–water partition coefficient (Wildman–Crippen LogP) is 4.33. The molecule has 21 heavy (non-hydrogen) atoms. The lowest BCUT2D eigenvalue weighted by molar-refractivity contribution is 0.145. The van der Waals surface area contributed by atoms with Gasteiger partial charge in [0.15, 0.2) is 0 Å². The average Bonchev–Trinajstić information content (AvgIpc) is 2.77. The first-order chi connectivity index (χ1) is 10.3. The van der Waals surface area contributed by atoms with E-state index in [1.807, 2.05) is 30.3 Å². The molecule has 3 heteroatoms. The Kier molecular flexibility index (Phi) is 7.13. The summed E-state index contributed by atoms with van der Waals surface area (Å²) in [6.45, 7) is 1.03. The van der Waals surface area contributed by atoms with Crippen LogP contribution in [-0.4, -0.2) is 19.2 Å². The van der Waals surface area contributed by atoms with Gasteiger partial charge in [0, 0.05) is 13.0 Å². The number of amides is 1. The first-order valence-corrected chi connectivity index (χ1v) is 8.23. The van der Waals surface area contributed by atoms with Crippen molar-refractivity contribution in [1.82, 2.24) is 5.32 Å². The third kappa shape index (κ3) is 6.65. The molecule has 0 aliphatic heterocycles. The number of carbonyl (C=O) groups is 1. The minimum atomic E-state index is -0.403. The molecule has 0 saturated heterocycles. The van der Waals surface area contributed by atoms with Crippen LogP contribution in [0.25, 0.3) is 0 Å². The van der Waals surface area contributed by atoms with Gasteiger partial charge in [0.05, 0.1) is 6.61 Å². The van der Waals surface area contributed by atoms with Crippen LogP contribution in [0.2, 0.25) is 0 Å². The van der Waals surface area contributed by atoms with Crippen molar-refractivity contribution in [1.29, 1.82) is 0 Å². The molecule has 0 bridgehead atoms. The van der Waals surface area contributed by atoms with Crippen molar-refractivity contribution in [2.24, 2.45) is 5.92 Å². The highest BCUT2D eigenvalue weighted by atomic mass is 16.5. The van der Waals surface area contributed by atoms with Crippen LogP contribution in [0.5, 0.6) is 0 Å². The summed E-state index contributed by atoms with van der Waals surface area (Å²) in [6.07, 6.45) is 9.41. The molecule has 1 fully saturated rings. The van der Waals surface area contributed by atoms with E-state index >= 15 is 0 Å². The maximum Gasteiger partial charge on any atom is 0.428 e. The van der Waals surface area contributed by atoms with Gasteiger partial charge in [-0.05, 0) is 17.9 Å². The molecule has 0 heterocycles. The Labute approximate surface area is 128 Å². The van der Waals surface area contributed by atoms with Crippen molar-refractivity contribution in [3.63, 3.8) is 0 Å². The topological polar surface area (TPSA) is 40.4 Å². The molecule has 0 spiro atoms. The summed E-state index contributed by atoms with van der Waals surface area (Å²) < 4.78 is 5.15. The number of hydrogen-bond acceptors (Lipinski definition) is 2. The van der Waals surface area contributed by atoms with Crippen LogP contribution in [0.4, 0.5) is 4.79 Å². The van der Waals surface area contributed by atoms with Gasteiger partial charge in [-0.2, -0.15) is 0 Å². The number of hydrogen-bond donors (Lipinski definition) is 0. The minimum absolute atomic E-state index is 0.403. The Morgan fingerprint density at radius 2 is 1.81 bits per heavy atom. The van der Waals surface area contributed by atoms with Gasteiger partial charge < -0.3 is 4.74 Å². The van der Waals surface area contributed by atoms with Crippen LogP contribution in [0, 0.1) is 5.92 Å². The fourth-order valence-corrected chi connectivity index (χ4v) is 2.94. The maximum atomic E-state index is 11.6. The quantitative estimate of drug-likeness (QED) is 0.731. The van der Waals surface area contributed by atoms with E-state index < -0.39 is 6.09 Å². The second-order valence-electron chi connectivity index (χ2n) is 5.88. The van der Waals surface area contributed by atoms with Gasteiger partial charge in [0.2, 0.25) is 0 Å². The van der Waals surface area contributed by atoms with Gasteiger partial charge in [-0.25, -0.2) is 10.1 Å². The van der Waals surface area contributed by atoms with Gasteiger partial charge in [0.1, 0.15) is 0 Å². The Balaban J connectivity index is 1.53. The van der Waals surface area contributed by atoms with Crippen molar-refractivity contribution in [3.05, 3.63) is 35.9 Å². The van der Waals surface area contributed by atoms with Crippen LogP contribution in [0.15, 0.2) is 30.3 Å². The van der Waals surface area contributed by atoms with E-state index in [-0.39, 0.29) is 0 Å². The summed E-state index contributed by atoms with van der Waals surface area (Å²) >= 11 is 0. The van der Waals surface area contributed by atoms with Crippen molar-refractivity contribution in [2.45, 2.75) is 51.4 Å². The van der Waals surface area contributed by atoms with E-state index in [0.717, 1.165) is 18.8 Å². The largest absolute Gasteiger partial charge is 0.448 e. The average molecular weight is 288 g/mol. The Morgan fingerprint density at radius 3 is 2.52 bits per heavy atom. The zero-order chi connectivity index (χ0) is 14.8. The second kappa shape index (κ2) is 9.43. The molecule has 3 nitrogen and oxygen atoms in total. The Bertz CT molecular complexity index is 397. The van der Waals surface area contributed by atoms with E-state index in [2.05, 4.69) is 5.32 Å². The minimum Gasteiger partial charge on any atom is -0.448 e. The van der Waals surface area contributed by atoms with Crippen molar-refractivity contribution in [2.75, 3.05) is 13.2 Å². The van der Waals surface area contributed by atoms with Crippen molar-refractivity contribution >= 4 is 6.09 Å². The van der Waals surface area contributed by atoms with Crippen LogP contribution < -0.4 is 5.32 Å². The van der Waals surface area contributed by atoms with Gasteiger partial charge in [0.25, 0.3) is 0 Å². The first kappa shape index (κ1) is 15.9. The molecular weight excluding hydrogens is 262 g/mol. The zero-order valence-electron chi connectivity index (χ0n) is 12.8. The monoisotopic (exact) mass is 288 g/mol. The van der Waals surface area contributed by atoms with Crippen LogP contribution in [-0.2, 0) is 11.2 Å². The molecule has 1 aliphatic rings. The van der Waals surface area contributed by atoms with E-state index in [1.165, 1.54) is 44.1 Å². The second-order valence-corrected chi connectivity index (χ2v) is 5.88. The fourth-order valence-electron chi connectivity index (χ4n) is 2.94. The van der Waals surface area contributed by atoms with E-state index in [0.29, 0.717) is 13.2 Å². The molecule has 1 saturated carbocycles. The summed E-state index contributed by atoms with van der Waals surface area (Å²) in [5.41, 5.74) is 1.18. The van der Waals surface area contributed by atoms with Gasteiger partial charge in [-0.3, -0.25) is 0 Å². The molecule has 2 rings (SSSR count). The first-order valence-electron chi connectivity index (χ1n) is 8.23. The lowest BCUT2D eigenvalue weighted by atomic mass is 9.97. The highest BCUT2D eigenvalue weighted by molar-refractivity contribution is 5.66. The summed E-state index contributed by atoms with van der Waals surface area (Å²) in [5.74, 6) is 0.758. The highest BCUT2D eigenvalue weighted by Gasteiger charge is 2.13. The molecule has 115 valence electrons. The fraction of sp³-hybridized carbons (Fsp3) is 0.611. The lowest BCUT2D eigenvalue weighted by Gasteiger charge is -2.12. The summed E-state index contributed by atoms with van der Waals surface area (Å²) in [7, 11) is 0. The molecule has 1 radical (unpaired) electrons. The van der Waals surface area contributed by atoms with Gasteiger partial charge in [-0.1, -0.05) is 68.9 Å². The normalized spacial score (nSPS) is 16.2. The van der Waals surface area contributed by atoms with Crippen molar-refractivity contribution in [3.8, 4) is 0 Å². The lowest BCUT2D eigenvalue weighted by Crippen LogP contribution is -2.21. The molecule has 0 unspecified atom stereocenters. The molecule has 0 aromatic heterocycles. The van der Waals surface area contributed by atoms with E-state index in [9.17, 15) is 4.79 Å². The Hall–Kier alpha value is -1.51. The molecule has 1 amide bonds. The van der Waals surface area contributed by atoms with E-state index in [4.69, 9.17) is 4.74 Å². The molecule has 1 aliphatic carbocycles. The van der Waals surface area contributed by atoms with Crippen LogP contribution in [0.1, 0.15) is 50.5 Å². The van der Waals surface area contributed by atoms with Crippen LogP contribution in [0.3, 0.4) is 0 Å². The Morgan fingerprint density at radius 1 is 1.10 bits per heavy atom. The third-order valence-corrected chi connectivity index (χ3v) is 4.21. The van der Waals surface area contributed by atoms with Gasteiger partial charge in [-0.15, -0.1) is 0 Å². The highest BCUT2D eigenvalue weighted by Crippen LogP contribution is 2.24. The SMILES string of the molecule is O=C([N]CCC1CCCCCC1)OCCc1ccccc1.